The van der Waals surface area contributed by atoms with E-state index in [9.17, 15) is 4.79 Å². The van der Waals surface area contributed by atoms with Crippen LogP contribution in [0.1, 0.15) is 155 Å². The van der Waals surface area contributed by atoms with Gasteiger partial charge in [0.25, 0.3) is 0 Å². The molecule has 0 N–H and O–H groups in total. The lowest BCUT2D eigenvalue weighted by Crippen LogP contribution is -2.33. The highest BCUT2D eigenvalue weighted by Crippen LogP contribution is 2.41. The summed E-state index contributed by atoms with van der Waals surface area (Å²) < 4.78 is 0. The Morgan fingerprint density at radius 1 is 0.586 bits per heavy atom. The summed E-state index contributed by atoms with van der Waals surface area (Å²) in [6.45, 7) is 2.29. The van der Waals surface area contributed by atoms with Gasteiger partial charge in [-0.2, -0.15) is 0 Å². The summed E-state index contributed by atoms with van der Waals surface area (Å²) in [5.74, 6) is 2.56. The zero-order valence-electron chi connectivity index (χ0n) is 19.9. The van der Waals surface area contributed by atoms with Gasteiger partial charge in [-0.1, -0.05) is 116 Å². The minimum atomic E-state index is 0.434. The third-order valence-corrected chi connectivity index (χ3v) is 7.96. The largest absolute Gasteiger partial charge is 0.299 e. The van der Waals surface area contributed by atoms with Crippen molar-refractivity contribution >= 4 is 5.78 Å². The van der Waals surface area contributed by atoms with Gasteiger partial charge in [0.05, 0.1) is 0 Å². The number of hydrogen-bond acceptors (Lipinski definition) is 1. The van der Waals surface area contributed by atoms with Gasteiger partial charge in [0.2, 0.25) is 0 Å². The molecule has 0 spiro atoms. The molecule has 1 heteroatoms. The Morgan fingerprint density at radius 3 is 1.38 bits per heavy atom. The van der Waals surface area contributed by atoms with Crippen LogP contribution in [0.15, 0.2) is 0 Å². The maximum Gasteiger partial charge on any atom is 0.136 e. The SMILES string of the molecule is CCCCCCCCCCCCCCC(=O)C(C1CCCCC1)C1CCCCC1. The predicted molar refractivity (Wildman–Crippen MR) is 127 cm³/mol. The Labute approximate surface area is 183 Å². The van der Waals surface area contributed by atoms with Crippen LogP contribution in [-0.4, -0.2) is 5.78 Å². The van der Waals surface area contributed by atoms with E-state index in [1.165, 1.54) is 135 Å². The minimum Gasteiger partial charge on any atom is -0.299 e. The predicted octanol–water partition coefficient (Wildman–Crippen LogP) is 9.42. The first-order valence-corrected chi connectivity index (χ1v) is 13.9. The normalized spacial score (nSPS) is 19.1. The van der Waals surface area contributed by atoms with Crippen LogP contribution in [0.5, 0.6) is 0 Å². The summed E-state index contributed by atoms with van der Waals surface area (Å²) in [7, 11) is 0. The summed E-state index contributed by atoms with van der Waals surface area (Å²) >= 11 is 0. The first-order valence-electron chi connectivity index (χ1n) is 13.9. The van der Waals surface area contributed by atoms with Crippen LogP contribution in [0.4, 0.5) is 0 Å². The zero-order chi connectivity index (χ0) is 20.6. The number of rotatable bonds is 16. The van der Waals surface area contributed by atoms with Crippen LogP contribution in [0.3, 0.4) is 0 Å². The number of unbranched alkanes of at least 4 members (excludes halogenated alkanes) is 11. The highest BCUT2D eigenvalue weighted by molar-refractivity contribution is 5.81. The Kier molecular flexibility index (Phi) is 14.1. The second-order valence-electron chi connectivity index (χ2n) is 10.4. The number of ketones is 1. The Hall–Kier alpha value is -0.330. The molecule has 29 heavy (non-hydrogen) atoms. The van der Waals surface area contributed by atoms with E-state index in [4.69, 9.17) is 0 Å². The maximum absolute atomic E-state index is 13.2. The van der Waals surface area contributed by atoms with Gasteiger partial charge in [0.15, 0.2) is 0 Å². The van der Waals surface area contributed by atoms with E-state index in [-0.39, 0.29) is 0 Å². The molecule has 2 aliphatic rings. The minimum absolute atomic E-state index is 0.434. The van der Waals surface area contributed by atoms with Crippen LogP contribution in [0.25, 0.3) is 0 Å². The average Bonchev–Trinajstić information content (AvgIpc) is 2.76. The van der Waals surface area contributed by atoms with E-state index >= 15 is 0 Å². The van der Waals surface area contributed by atoms with Gasteiger partial charge < -0.3 is 0 Å². The van der Waals surface area contributed by atoms with Crippen molar-refractivity contribution in [3.05, 3.63) is 0 Å². The highest BCUT2D eigenvalue weighted by atomic mass is 16.1. The third-order valence-electron chi connectivity index (χ3n) is 7.96. The Bertz CT molecular complexity index is 371. The first-order chi connectivity index (χ1) is 14.3. The highest BCUT2D eigenvalue weighted by Gasteiger charge is 2.35. The van der Waals surface area contributed by atoms with Gasteiger partial charge in [-0.3, -0.25) is 4.79 Å². The van der Waals surface area contributed by atoms with E-state index in [1.54, 1.807) is 0 Å². The van der Waals surface area contributed by atoms with Crippen molar-refractivity contribution in [3.8, 4) is 0 Å². The summed E-state index contributed by atoms with van der Waals surface area (Å²) in [5.41, 5.74) is 0. The molecule has 0 aromatic carbocycles. The number of carbonyl (C=O) groups excluding carboxylic acids is 1. The van der Waals surface area contributed by atoms with E-state index in [0.717, 1.165) is 24.7 Å². The molecular weight excluding hydrogens is 352 g/mol. The zero-order valence-corrected chi connectivity index (χ0v) is 19.9. The second kappa shape index (κ2) is 16.4. The van der Waals surface area contributed by atoms with Gasteiger partial charge in [-0.25, -0.2) is 0 Å². The molecule has 0 heterocycles. The molecule has 0 amide bonds. The van der Waals surface area contributed by atoms with Crippen molar-refractivity contribution in [1.82, 2.24) is 0 Å². The second-order valence-corrected chi connectivity index (χ2v) is 10.4. The molecule has 1 nitrogen and oxygen atoms in total. The molecular formula is C28H52O. The van der Waals surface area contributed by atoms with Crippen molar-refractivity contribution in [1.29, 1.82) is 0 Å². The molecule has 2 saturated carbocycles. The van der Waals surface area contributed by atoms with Crippen molar-refractivity contribution in [3.63, 3.8) is 0 Å². The van der Waals surface area contributed by atoms with Gasteiger partial charge in [-0.15, -0.1) is 0 Å². The van der Waals surface area contributed by atoms with Gasteiger partial charge in [0, 0.05) is 12.3 Å². The van der Waals surface area contributed by atoms with Gasteiger partial charge >= 0.3 is 0 Å². The summed E-state index contributed by atoms with van der Waals surface area (Å²) in [4.78, 5) is 13.2. The van der Waals surface area contributed by atoms with Gasteiger partial charge in [-0.05, 0) is 43.9 Å². The van der Waals surface area contributed by atoms with Crippen LogP contribution in [0, 0.1) is 17.8 Å². The number of hydrogen-bond donors (Lipinski definition) is 0. The lowest BCUT2D eigenvalue weighted by Gasteiger charge is -2.37. The molecule has 0 aliphatic heterocycles. The van der Waals surface area contributed by atoms with Crippen molar-refractivity contribution in [2.45, 2.75) is 155 Å². The monoisotopic (exact) mass is 404 g/mol. The lowest BCUT2D eigenvalue weighted by atomic mass is 9.67. The standard InChI is InChI=1S/C28H52O/c1-2-3-4-5-6-7-8-9-10-11-12-19-24-27(29)28(25-20-15-13-16-21-25)26-22-17-14-18-23-26/h25-26,28H,2-24H2,1H3. The fourth-order valence-corrected chi connectivity index (χ4v) is 6.20. The summed E-state index contributed by atoms with van der Waals surface area (Å²) in [6.07, 6.45) is 31.1. The van der Waals surface area contributed by atoms with Crippen LogP contribution in [-0.2, 0) is 4.79 Å². The maximum atomic E-state index is 13.2. The molecule has 0 aromatic heterocycles. The van der Waals surface area contributed by atoms with E-state index in [2.05, 4.69) is 6.92 Å². The smallest absolute Gasteiger partial charge is 0.136 e. The van der Waals surface area contributed by atoms with Crippen molar-refractivity contribution < 1.29 is 4.79 Å². The lowest BCUT2D eigenvalue weighted by molar-refractivity contribution is -0.127. The number of carbonyl (C=O) groups is 1. The molecule has 0 aromatic rings. The molecule has 2 fully saturated rings. The molecule has 0 saturated heterocycles. The van der Waals surface area contributed by atoms with E-state index in [0.29, 0.717) is 11.7 Å². The summed E-state index contributed by atoms with van der Waals surface area (Å²) in [5, 5.41) is 0. The average molecular weight is 405 g/mol. The topological polar surface area (TPSA) is 17.1 Å². The van der Waals surface area contributed by atoms with Crippen molar-refractivity contribution in [2.24, 2.45) is 17.8 Å². The Balaban J connectivity index is 1.55. The van der Waals surface area contributed by atoms with Crippen molar-refractivity contribution in [2.75, 3.05) is 0 Å². The van der Waals surface area contributed by atoms with Crippen LogP contribution >= 0.6 is 0 Å². The molecule has 0 radical (unpaired) electrons. The van der Waals surface area contributed by atoms with E-state index in [1.807, 2.05) is 0 Å². The van der Waals surface area contributed by atoms with Crippen LogP contribution in [0.2, 0.25) is 0 Å². The summed E-state index contributed by atoms with van der Waals surface area (Å²) in [6, 6.07) is 0. The first kappa shape index (κ1) is 24.9. The fourth-order valence-electron chi connectivity index (χ4n) is 6.20. The third kappa shape index (κ3) is 10.5. The number of Topliss-reactive ketones (excluding diaryl/α,β-unsaturated/α-hetero) is 1. The van der Waals surface area contributed by atoms with Gasteiger partial charge in [0.1, 0.15) is 5.78 Å². The molecule has 0 bridgehead atoms. The van der Waals surface area contributed by atoms with E-state index < -0.39 is 0 Å². The van der Waals surface area contributed by atoms with Crippen LogP contribution < -0.4 is 0 Å². The fraction of sp³-hybridized carbons (Fsp3) is 0.964. The molecule has 170 valence electrons. The molecule has 0 atom stereocenters. The Morgan fingerprint density at radius 2 is 0.966 bits per heavy atom. The molecule has 2 rings (SSSR count). The molecule has 0 unspecified atom stereocenters. The molecule has 2 aliphatic carbocycles. The quantitative estimate of drug-likeness (QED) is 0.234.